The van der Waals surface area contributed by atoms with Crippen molar-refractivity contribution >= 4 is 10.4 Å². The molecule has 0 bridgehead atoms. The molecule has 0 spiro atoms. The van der Waals surface area contributed by atoms with Crippen LogP contribution in [0.25, 0.3) is 0 Å². The van der Waals surface area contributed by atoms with E-state index < -0.39 is 10.4 Å². The maximum Gasteiger partial charge on any atom is 0.415 e. The van der Waals surface area contributed by atoms with Crippen molar-refractivity contribution in [3.8, 4) is 0 Å². The van der Waals surface area contributed by atoms with Gasteiger partial charge in [0, 0.05) is 0 Å². The Kier molecular flexibility index (Phi) is 2.12. The summed E-state index contributed by atoms with van der Waals surface area (Å²) in [6.07, 6.45) is 0. The van der Waals surface area contributed by atoms with Crippen molar-refractivity contribution < 1.29 is 22.5 Å². The van der Waals surface area contributed by atoms with E-state index in [9.17, 15) is 8.42 Å². The third kappa shape index (κ3) is 5.79. The fourth-order valence-corrected chi connectivity index (χ4v) is 0.141. The van der Waals surface area contributed by atoms with Crippen molar-refractivity contribution in [3.63, 3.8) is 0 Å². The molecule has 0 heterocycles. The largest absolute Gasteiger partial charge is 0.415 e. The Balaban J connectivity index is 3.60. The molecule has 7 heavy (non-hydrogen) atoms. The van der Waals surface area contributed by atoms with E-state index >= 15 is 0 Å². The van der Waals surface area contributed by atoms with Gasteiger partial charge in [-0.1, -0.05) is 5.64 Å². The van der Waals surface area contributed by atoms with Gasteiger partial charge in [-0.2, -0.15) is 8.42 Å². The van der Waals surface area contributed by atoms with Crippen molar-refractivity contribution in [3.05, 3.63) is 0 Å². The third-order valence-corrected chi connectivity index (χ3v) is 0.428. The van der Waals surface area contributed by atoms with Crippen LogP contribution in [0.5, 0.6) is 0 Å². The van der Waals surface area contributed by atoms with Gasteiger partial charge >= 0.3 is 10.4 Å². The molecule has 6 nitrogen and oxygen atoms in total. The van der Waals surface area contributed by atoms with Gasteiger partial charge < -0.3 is 0 Å². The van der Waals surface area contributed by atoms with Crippen molar-refractivity contribution in [2.24, 2.45) is 0 Å². The fraction of sp³-hybridized carbons (Fsp3) is 0. The van der Waals surface area contributed by atoms with E-state index in [-0.39, 0.29) is 0 Å². The Hall–Kier alpha value is -0.210. The average Bonchev–Trinajstić information content (AvgIpc) is 1.30. The van der Waals surface area contributed by atoms with Crippen LogP contribution in [0.3, 0.4) is 0 Å². The molecule has 0 rings (SSSR count). The Labute approximate surface area is 39.6 Å². The highest BCUT2D eigenvalue weighted by molar-refractivity contribution is 7.80. The second-order valence-electron chi connectivity index (χ2n) is 0.602. The first-order chi connectivity index (χ1) is 3.06. The lowest BCUT2D eigenvalue weighted by molar-refractivity contribution is -0.0456. The molecule has 0 aliphatic carbocycles. The third-order valence-electron chi connectivity index (χ3n) is 0.143. The fourth-order valence-electron chi connectivity index (χ4n) is 0.0471. The summed E-state index contributed by atoms with van der Waals surface area (Å²) < 4.78 is 29.3. The summed E-state index contributed by atoms with van der Waals surface area (Å²) in [4.78, 5) is 0. The van der Waals surface area contributed by atoms with Gasteiger partial charge in [-0.3, -0.25) is 9.76 Å². The topological polar surface area (TPSA) is 95.9 Å². The lowest BCUT2D eigenvalue weighted by Crippen LogP contribution is -2.14. The molecule has 0 amide bonds. The predicted molar refractivity (Wildman–Crippen MR) is 17.6 cm³/mol. The van der Waals surface area contributed by atoms with Crippen LogP contribution in [0.4, 0.5) is 0 Å². The maximum atomic E-state index is 9.34. The van der Waals surface area contributed by atoms with Crippen LogP contribution in [0.1, 0.15) is 0 Å². The van der Waals surface area contributed by atoms with Gasteiger partial charge in [0.1, 0.15) is 0 Å². The second-order valence-corrected chi connectivity index (χ2v) is 1.62. The normalized spacial score (nSPS) is 11.7. The van der Waals surface area contributed by atoms with Crippen molar-refractivity contribution in [1.82, 2.24) is 5.64 Å². The monoisotopic (exact) mass is 129 g/mol. The van der Waals surface area contributed by atoms with Gasteiger partial charge in [0.2, 0.25) is 0 Å². The van der Waals surface area contributed by atoms with E-state index in [4.69, 9.17) is 9.76 Å². The molecule has 0 saturated carbocycles. The summed E-state index contributed by atoms with van der Waals surface area (Å²) >= 11 is 0. The number of nitrogens with one attached hydrogen (secondary N) is 1. The molecule has 0 fully saturated rings. The molecule has 0 aromatic heterocycles. The van der Waals surface area contributed by atoms with E-state index in [0.29, 0.717) is 0 Å². The van der Waals surface area contributed by atoms with Gasteiger partial charge in [-0.15, -0.1) is 4.28 Å². The predicted octanol–water partition coefficient (Wildman–Crippen LogP) is -1.30. The summed E-state index contributed by atoms with van der Waals surface area (Å²) in [6, 6.07) is 0. The number of rotatable bonds is 2. The van der Waals surface area contributed by atoms with Crippen molar-refractivity contribution in [2.45, 2.75) is 0 Å². The minimum Gasteiger partial charge on any atom is -0.291 e. The summed E-state index contributed by atoms with van der Waals surface area (Å²) in [7, 11) is -4.54. The summed E-state index contributed by atoms with van der Waals surface area (Å²) in [5, 5.41) is 7.39. The molecule has 0 unspecified atom stereocenters. The van der Waals surface area contributed by atoms with Gasteiger partial charge in [-0.05, 0) is 0 Å². The van der Waals surface area contributed by atoms with E-state index in [0.717, 1.165) is 5.64 Å². The summed E-state index contributed by atoms with van der Waals surface area (Å²) in [5.41, 5.74) is 0.770. The Morgan fingerprint density at radius 3 is 2.00 bits per heavy atom. The standard InChI is InChI=1S/H3NO5S/c2-1-6-7(3,4)5/h1-2H,(H,3,4,5). The molecular formula is H3NO5S. The molecule has 0 atom stereocenters. The maximum absolute atomic E-state index is 9.34. The van der Waals surface area contributed by atoms with E-state index in [2.05, 4.69) is 4.28 Å². The van der Waals surface area contributed by atoms with Crippen LogP contribution in [-0.4, -0.2) is 18.2 Å². The van der Waals surface area contributed by atoms with Crippen LogP contribution in [0.2, 0.25) is 0 Å². The van der Waals surface area contributed by atoms with Gasteiger partial charge in [0.25, 0.3) is 0 Å². The molecule has 3 N–H and O–H groups in total. The highest BCUT2D eigenvalue weighted by Crippen LogP contribution is 1.74. The number of hydrogen-bond acceptors (Lipinski definition) is 5. The van der Waals surface area contributed by atoms with Crippen molar-refractivity contribution in [2.75, 3.05) is 0 Å². The molecule has 0 aromatic rings. The Bertz CT molecular complexity index is 121. The zero-order valence-corrected chi connectivity index (χ0v) is 3.84. The van der Waals surface area contributed by atoms with E-state index in [1.807, 2.05) is 0 Å². The van der Waals surface area contributed by atoms with Gasteiger partial charge in [0.05, 0.1) is 0 Å². The molecule has 0 saturated heterocycles. The smallest absolute Gasteiger partial charge is 0.291 e. The number of hydrogen-bond donors (Lipinski definition) is 3. The summed E-state index contributed by atoms with van der Waals surface area (Å²) in [6.45, 7) is 0. The quantitative estimate of drug-likeness (QED) is 0.317. The summed E-state index contributed by atoms with van der Waals surface area (Å²) in [5.74, 6) is 0. The molecule has 44 valence electrons. The van der Waals surface area contributed by atoms with Crippen LogP contribution < -0.4 is 5.64 Å². The minimum absolute atomic E-state index is 0.770. The second kappa shape index (κ2) is 2.19. The lowest BCUT2D eigenvalue weighted by Gasteiger charge is -1.88. The Morgan fingerprint density at radius 2 is 2.00 bits per heavy atom. The van der Waals surface area contributed by atoms with Crippen LogP contribution in [-0.2, 0) is 14.7 Å². The van der Waals surface area contributed by atoms with Crippen LogP contribution >= 0.6 is 0 Å². The first-order valence-electron chi connectivity index (χ1n) is 1.11. The van der Waals surface area contributed by atoms with Crippen LogP contribution in [0, 0.1) is 0 Å². The molecule has 0 aromatic carbocycles. The zero-order valence-electron chi connectivity index (χ0n) is 3.03. The minimum atomic E-state index is -4.54. The van der Waals surface area contributed by atoms with E-state index in [1.54, 1.807) is 0 Å². The highest BCUT2D eigenvalue weighted by Gasteiger charge is 1.99. The zero-order chi connectivity index (χ0) is 5.91. The van der Waals surface area contributed by atoms with Crippen molar-refractivity contribution in [1.29, 1.82) is 0 Å². The molecule has 7 heteroatoms. The van der Waals surface area contributed by atoms with Gasteiger partial charge in [-0.25, -0.2) is 0 Å². The highest BCUT2D eigenvalue weighted by atomic mass is 32.3. The SMILES string of the molecule is O=S(=O)(O)ONO. The first kappa shape index (κ1) is 6.79. The van der Waals surface area contributed by atoms with Crippen LogP contribution in [0.15, 0.2) is 0 Å². The first-order valence-corrected chi connectivity index (χ1v) is 2.48. The average molecular weight is 129 g/mol. The lowest BCUT2D eigenvalue weighted by atomic mass is 13.3. The van der Waals surface area contributed by atoms with Gasteiger partial charge in [0.15, 0.2) is 0 Å². The molecule has 0 aliphatic rings. The van der Waals surface area contributed by atoms with E-state index in [1.165, 1.54) is 0 Å². The molecule has 0 aliphatic heterocycles. The Morgan fingerprint density at radius 1 is 1.57 bits per heavy atom. The molecule has 0 radical (unpaired) electrons. The molecular weight excluding hydrogens is 126 g/mol.